The second kappa shape index (κ2) is 9.40. The monoisotopic (exact) mass is 496 g/mol. The Morgan fingerprint density at radius 3 is 2.53 bits per heavy atom. The van der Waals surface area contributed by atoms with Crippen molar-refractivity contribution in [3.05, 3.63) is 71.2 Å². The van der Waals surface area contributed by atoms with Crippen molar-refractivity contribution in [3.8, 4) is 11.3 Å². The summed E-state index contributed by atoms with van der Waals surface area (Å²) in [6.45, 7) is 1.48. The predicted molar refractivity (Wildman–Crippen MR) is 135 cm³/mol. The summed E-state index contributed by atoms with van der Waals surface area (Å²) in [7, 11) is -1.84. The third-order valence-electron chi connectivity index (χ3n) is 5.62. The number of benzene rings is 2. The third kappa shape index (κ3) is 5.02. The fourth-order valence-corrected chi connectivity index (χ4v) is 5.00. The molecule has 3 aromatic rings. The van der Waals surface area contributed by atoms with E-state index in [-0.39, 0.29) is 18.2 Å². The lowest BCUT2D eigenvalue weighted by Gasteiger charge is -2.32. The summed E-state index contributed by atoms with van der Waals surface area (Å²) in [5.74, 6) is -0.377. The number of hydrogen-bond donors (Lipinski definition) is 1. The first-order valence-electron chi connectivity index (χ1n) is 10.5. The van der Waals surface area contributed by atoms with Gasteiger partial charge in [0.1, 0.15) is 0 Å². The second-order valence-electron chi connectivity index (χ2n) is 7.95. The highest BCUT2D eigenvalue weighted by molar-refractivity contribution is 7.92. The van der Waals surface area contributed by atoms with E-state index < -0.39 is 16.1 Å². The molecular formula is C24H24N4O4S2. The second-order valence-corrected chi connectivity index (χ2v) is 10.8. The van der Waals surface area contributed by atoms with E-state index in [0.717, 1.165) is 22.9 Å². The molecule has 0 saturated carbocycles. The van der Waals surface area contributed by atoms with Crippen molar-refractivity contribution in [2.24, 2.45) is 0 Å². The Kier molecular flexibility index (Phi) is 6.54. The van der Waals surface area contributed by atoms with Gasteiger partial charge in [-0.25, -0.2) is 13.4 Å². The van der Waals surface area contributed by atoms with Gasteiger partial charge in [-0.1, -0.05) is 36.4 Å². The van der Waals surface area contributed by atoms with Gasteiger partial charge in [0.2, 0.25) is 21.8 Å². The van der Waals surface area contributed by atoms with E-state index in [1.165, 1.54) is 29.6 Å². The molecule has 0 fully saturated rings. The van der Waals surface area contributed by atoms with Crippen LogP contribution in [-0.2, 0) is 19.6 Å². The lowest BCUT2D eigenvalue weighted by molar-refractivity contribution is -0.129. The van der Waals surface area contributed by atoms with E-state index in [2.05, 4.69) is 10.3 Å². The molecule has 10 heteroatoms. The minimum absolute atomic E-state index is 0.0996. The molecule has 1 aliphatic rings. The zero-order valence-electron chi connectivity index (χ0n) is 18.9. The highest BCUT2D eigenvalue weighted by Gasteiger charge is 2.28. The Balaban J connectivity index is 1.46. The molecule has 1 unspecified atom stereocenters. The summed E-state index contributed by atoms with van der Waals surface area (Å²) in [5.41, 5.74) is 3.93. The summed E-state index contributed by atoms with van der Waals surface area (Å²) < 4.78 is 24.6. The van der Waals surface area contributed by atoms with Gasteiger partial charge in [0, 0.05) is 31.1 Å². The number of hydrogen-bond acceptors (Lipinski definition) is 6. The maximum Gasteiger partial charge on any atom is 0.231 e. The molecule has 2 amide bonds. The number of carbonyl (C=O) groups is 2. The average Bonchev–Trinajstić information content (AvgIpc) is 3.26. The Bertz CT molecular complexity index is 1360. The minimum Gasteiger partial charge on any atom is -0.311 e. The molecule has 2 aromatic carbocycles. The van der Waals surface area contributed by atoms with Crippen molar-refractivity contribution in [1.82, 2.24) is 9.88 Å². The van der Waals surface area contributed by atoms with Crippen LogP contribution in [0.1, 0.15) is 30.5 Å². The van der Waals surface area contributed by atoms with Gasteiger partial charge in [-0.2, -0.15) is 0 Å². The number of nitrogens with zero attached hydrogens (tertiary/aromatic N) is 3. The topological polar surface area (TPSA) is 99.7 Å². The van der Waals surface area contributed by atoms with Crippen molar-refractivity contribution in [2.45, 2.75) is 19.4 Å². The SMILES string of the molecule is CC(=O)N1C=Cc2ccccc2C1CC(=O)Nc1nc(-c2ccc(N(C)S(C)(=O)=O)cc2)cs1. The van der Waals surface area contributed by atoms with Gasteiger partial charge >= 0.3 is 0 Å². The lowest BCUT2D eigenvalue weighted by atomic mass is 9.93. The van der Waals surface area contributed by atoms with Crippen LogP contribution < -0.4 is 9.62 Å². The number of nitrogens with one attached hydrogen (secondary N) is 1. The molecule has 0 radical (unpaired) electrons. The van der Waals surface area contributed by atoms with E-state index >= 15 is 0 Å². The molecule has 1 aromatic heterocycles. The van der Waals surface area contributed by atoms with Crippen molar-refractivity contribution < 1.29 is 18.0 Å². The fourth-order valence-electron chi connectivity index (χ4n) is 3.76. The van der Waals surface area contributed by atoms with Gasteiger partial charge in [0.15, 0.2) is 5.13 Å². The quantitative estimate of drug-likeness (QED) is 0.554. The molecular weight excluding hydrogens is 472 g/mol. The van der Waals surface area contributed by atoms with Crippen molar-refractivity contribution in [1.29, 1.82) is 0 Å². The lowest BCUT2D eigenvalue weighted by Crippen LogP contribution is -2.33. The first-order chi connectivity index (χ1) is 16.1. The molecule has 8 nitrogen and oxygen atoms in total. The zero-order chi connectivity index (χ0) is 24.5. The van der Waals surface area contributed by atoms with E-state index in [4.69, 9.17) is 0 Å². The number of carbonyl (C=O) groups excluding carboxylic acids is 2. The number of rotatable bonds is 6. The van der Waals surface area contributed by atoms with Gasteiger partial charge in [0.25, 0.3) is 0 Å². The standard InChI is InChI=1S/C24H24N4O4S2/c1-16(29)28-13-12-17-6-4-5-7-20(17)22(28)14-23(30)26-24-25-21(15-33-24)18-8-10-19(11-9-18)27(2)34(3,31)32/h4-13,15,22H,14H2,1-3H3,(H,25,26,30). The Morgan fingerprint density at radius 2 is 1.85 bits per heavy atom. The normalized spacial score (nSPS) is 15.0. The summed E-state index contributed by atoms with van der Waals surface area (Å²) in [5, 5.41) is 5.11. The summed E-state index contributed by atoms with van der Waals surface area (Å²) in [4.78, 5) is 31.1. The van der Waals surface area contributed by atoms with Gasteiger partial charge in [-0.05, 0) is 29.3 Å². The van der Waals surface area contributed by atoms with E-state index in [1.54, 1.807) is 35.4 Å². The van der Waals surface area contributed by atoms with E-state index in [0.29, 0.717) is 16.5 Å². The van der Waals surface area contributed by atoms with Crippen molar-refractivity contribution in [3.63, 3.8) is 0 Å². The number of anilines is 2. The zero-order valence-corrected chi connectivity index (χ0v) is 20.6. The van der Waals surface area contributed by atoms with Crippen LogP contribution in [0, 0.1) is 0 Å². The largest absolute Gasteiger partial charge is 0.311 e. The van der Waals surface area contributed by atoms with Crippen LogP contribution in [0.2, 0.25) is 0 Å². The molecule has 34 heavy (non-hydrogen) atoms. The Labute approximate surface area is 202 Å². The number of amides is 2. The summed E-state index contributed by atoms with van der Waals surface area (Å²) >= 11 is 1.30. The highest BCUT2D eigenvalue weighted by Crippen LogP contribution is 2.33. The molecule has 0 saturated heterocycles. The highest BCUT2D eigenvalue weighted by atomic mass is 32.2. The van der Waals surface area contributed by atoms with Crippen LogP contribution in [0.15, 0.2) is 60.1 Å². The van der Waals surface area contributed by atoms with Crippen LogP contribution in [0.4, 0.5) is 10.8 Å². The van der Waals surface area contributed by atoms with Crippen LogP contribution in [0.3, 0.4) is 0 Å². The third-order valence-corrected chi connectivity index (χ3v) is 7.59. The fraction of sp³-hybridized carbons (Fsp3) is 0.208. The number of fused-ring (bicyclic) bond motifs is 1. The van der Waals surface area contributed by atoms with Crippen LogP contribution in [-0.4, -0.2) is 43.4 Å². The van der Waals surface area contributed by atoms with Gasteiger partial charge in [-0.15, -0.1) is 11.3 Å². The van der Waals surface area contributed by atoms with Crippen LogP contribution in [0.5, 0.6) is 0 Å². The van der Waals surface area contributed by atoms with Crippen LogP contribution in [0.25, 0.3) is 17.3 Å². The van der Waals surface area contributed by atoms with E-state index in [1.807, 2.05) is 35.7 Å². The molecule has 4 rings (SSSR count). The minimum atomic E-state index is -3.34. The first-order valence-corrected chi connectivity index (χ1v) is 13.2. The molecule has 176 valence electrons. The Hall–Kier alpha value is -3.50. The maximum atomic E-state index is 12.8. The molecule has 0 bridgehead atoms. The van der Waals surface area contributed by atoms with Crippen molar-refractivity contribution >= 4 is 50.1 Å². The van der Waals surface area contributed by atoms with E-state index in [9.17, 15) is 18.0 Å². The van der Waals surface area contributed by atoms with Crippen molar-refractivity contribution in [2.75, 3.05) is 22.9 Å². The number of aromatic nitrogens is 1. The maximum absolute atomic E-state index is 12.8. The Morgan fingerprint density at radius 1 is 1.15 bits per heavy atom. The molecule has 0 spiro atoms. The molecule has 1 aliphatic heterocycles. The van der Waals surface area contributed by atoms with Gasteiger partial charge in [0.05, 0.1) is 30.1 Å². The summed E-state index contributed by atoms with van der Waals surface area (Å²) in [6.07, 6.45) is 4.84. The number of sulfonamides is 1. The molecule has 1 atom stereocenters. The average molecular weight is 497 g/mol. The summed E-state index contributed by atoms with van der Waals surface area (Å²) in [6, 6.07) is 14.3. The van der Waals surface area contributed by atoms with Crippen LogP contribution >= 0.6 is 11.3 Å². The molecule has 1 N–H and O–H groups in total. The molecule has 2 heterocycles. The molecule has 0 aliphatic carbocycles. The smallest absolute Gasteiger partial charge is 0.231 e. The predicted octanol–water partition coefficient (Wildman–Crippen LogP) is 4.11. The van der Waals surface area contributed by atoms with Gasteiger partial charge < -0.3 is 10.2 Å². The first kappa shape index (κ1) is 23.7. The van der Waals surface area contributed by atoms with Gasteiger partial charge in [-0.3, -0.25) is 13.9 Å². The number of thiazole rings is 1.